The zero-order valence-electron chi connectivity index (χ0n) is 24.0. The van der Waals surface area contributed by atoms with Crippen molar-refractivity contribution in [2.24, 2.45) is 5.41 Å². The van der Waals surface area contributed by atoms with Gasteiger partial charge >= 0.3 is 0 Å². The van der Waals surface area contributed by atoms with Crippen LogP contribution in [0.1, 0.15) is 73.0 Å². The number of rotatable bonds is 6. The minimum atomic E-state index is -0.582. The third-order valence-corrected chi connectivity index (χ3v) is 9.58. The van der Waals surface area contributed by atoms with E-state index in [-0.39, 0.29) is 24.1 Å². The van der Waals surface area contributed by atoms with Crippen LogP contribution in [0.2, 0.25) is 5.02 Å². The topological polar surface area (TPSA) is 73.0 Å². The maximum Gasteiger partial charge on any atom is 0.255 e. The van der Waals surface area contributed by atoms with Crippen LogP contribution in [0.4, 0.5) is 0 Å². The fourth-order valence-corrected chi connectivity index (χ4v) is 7.00. The quantitative estimate of drug-likeness (QED) is 0.498. The van der Waals surface area contributed by atoms with E-state index in [4.69, 9.17) is 11.6 Å². The van der Waals surface area contributed by atoms with E-state index in [9.17, 15) is 14.4 Å². The van der Waals surface area contributed by atoms with Gasteiger partial charge in [-0.3, -0.25) is 29.5 Å². The highest BCUT2D eigenvalue weighted by Crippen LogP contribution is 2.43. The Balaban J connectivity index is 1.10. The van der Waals surface area contributed by atoms with Crippen LogP contribution < -0.4 is 5.32 Å². The number of benzene rings is 2. The van der Waals surface area contributed by atoms with Crippen molar-refractivity contribution in [2.75, 3.05) is 32.7 Å². The van der Waals surface area contributed by atoms with E-state index in [0.717, 1.165) is 68.3 Å². The number of carbonyl (C=O) groups excluding carboxylic acids is 3. The van der Waals surface area contributed by atoms with Crippen molar-refractivity contribution in [3.05, 3.63) is 75.3 Å². The van der Waals surface area contributed by atoms with Gasteiger partial charge in [-0.25, -0.2) is 0 Å². The molecule has 1 N–H and O–H groups in total. The van der Waals surface area contributed by atoms with Gasteiger partial charge in [0, 0.05) is 62.8 Å². The summed E-state index contributed by atoms with van der Waals surface area (Å²) in [7, 11) is 0. The molecular formula is C33H39ClN4O3. The Labute approximate surface area is 247 Å². The van der Waals surface area contributed by atoms with Gasteiger partial charge in [0.2, 0.25) is 11.8 Å². The van der Waals surface area contributed by atoms with Gasteiger partial charge in [0.15, 0.2) is 0 Å². The molecule has 2 saturated heterocycles. The SMILES string of the molecule is CC1(C)CCC(CN2CCN(Cc3cccc4c3CN(C3CCC(=O)NC3=O)C4=O)CC2)=C(c2ccc(Cl)cc2)C1. The molecule has 2 aromatic rings. The fourth-order valence-electron chi connectivity index (χ4n) is 6.88. The average Bonchev–Trinajstić information content (AvgIpc) is 3.28. The van der Waals surface area contributed by atoms with E-state index >= 15 is 0 Å². The van der Waals surface area contributed by atoms with Gasteiger partial charge in [-0.05, 0) is 71.6 Å². The summed E-state index contributed by atoms with van der Waals surface area (Å²) in [4.78, 5) is 44.0. The smallest absolute Gasteiger partial charge is 0.255 e. The van der Waals surface area contributed by atoms with Crippen LogP contribution in [0.25, 0.3) is 5.57 Å². The number of amides is 3. The maximum absolute atomic E-state index is 13.2. The molecule has 8 heteroatoms. The van der Waals surface area contributed by atoms with Crippen molar-refractivity contribution in [3.8, 4) is 0 Å². The number of hydrogen-bond acceptors (Lipinski definition) is 5. The number of nitrogens with zero attached hydrogens (tertiary/aromatic N) is 3. The standard InChI is InChI=1S/C33H39ClN4O3/c1-33(2)13-12-24(27(18-33)22-6-8-25(34)9-7-22)20-37-16-14-36(15-17-37)19-23-4-3-5-26-28(23)21-38(32(26)41)29-10-11-30(39)35-31(29)40/h3-9,29H,10-21H2,1-2H3,(H,35,39,40). The normalized spacial score (nSPS) is 23.6. The summed E-state index contributed by atoms with van der Waals surface area (Å²) in [5.41, 5.74) is 7.52. The predicted molar refractivity (Wildman–Crippen MR) is 160 cm³/mol. The molecule has 7 nitrogen and oxygen atoms in total. The first-order chi connectivity index (χ1) is 19.7. The minimum Gasteiger partial charge on any atom is -0.322 e. The van der Waals surface area contributed by atoms with Gasteiger partial charge in [-0.2, -0.15) is 0 Å². The summed E-state index contributed by atoms with van der Waals surface area (Å²) < 4.78 is 0. The zero-order chi connectivity index (χ0) is 28.7. The third-order valence-electron chi connectivity index (χ3n) is 9.33. The minimum absolute atomic E-state index is 0.110. The van der Waals surface area contributed by atoms with Gasteiger partial charge in [0.1, 0.15) is 6.04 Å². The van der Waals surface area contributed by atoms with Crippen molar-refractivity contribution in [2.45, 2.75) is 65.1 Å². The second-order valence-electron chi connectivity index (χ2n) is 12.8. The molecule has 0 saturated carbocycles. The molecule has 1 atom stereocenters. The number of carbonyl (C=O) groups is 3. The summed E-state index contributed by atoms with van der Waals surface area (Å²) in [6.07, 6.45) is 4.10. The van der Waals surface area contributed by atoms with E-state index in [1.54, 1.807) is 10.5 Å². The number of piperazine rings is 1. The van der Waals surface area contributed by atoms with Crippen molar-refractivity contribution in [3.63, 3.8) is 0 Å². The summed E-state index contributed by atoms with van der Waals surface area (Å²) >= 11 is 6.19. The lowest BCUT2D eigenvalue weighted by molar-refractivity contribution is -0.136. The van der Waals surface area contributed by atoms with Gasteiger partial charge in [0.05, 0.1) is 0 Å². The van der Waals surface area contributed by atoms with Crippen LogP contribution in [0.3, 0.4) is 0 Å². The summed E-state index contributed by atoms with van der Waals surface area (Å²) in [5, 5.41) is 3.17. The molecule has 1 aliphatic carbocycles. The highest BCUT2D eigenvalue weighted by molar-refractivity contribution is 6.30. The molecule has 0 radical (unpaired) electrons. The van der Waals surface area contributed by atoms with E-state index in [1.165, 1.54) is 17.6 Å². The first-order valence-corrected chi connectivity index (χ1v) is 15.2. The molecule has 41 heavy (non-hydrogen) atoms. The highest BCUT2D eigenvalue weighted by atomic mass is 35.5. The molecule has 6 rings (SSSR count). The summed E-state index contributed by atoms with van der Waals surface area (Å²) in [6.45, 7) is 10.9. The molecule has 3 heterocycles. The number of halogens is 1. The van der Waals surface area contributed by atoms with Gasteiger partial charge in [-0.1, -0.05) is 55.3 Å². The van der Waals surface area contributed by atoms with Crippen LogP contribution in [0.5, 0.6) is 0 Å². The molecular weight excluding hydrogens is 536 g/mol. The van der Waals surface area contributed by atoms with Crippen LogP contribution in [0, 0.1) is 5.41 Å². The second-order valence-corrected chi connectivity index (χ2v) is 13.3. The number of nitrogens with one attached hydrogen (secondary N) is 1. The van der Waals surface area contributed by atoms with Crippen LogP contribution in [-0.4, -0.2) is 71.2 Å². The molecule has 2 fully saturated rings. The molecule has 0 aromatic heterocycles. The fraction of sp³-hybridized carbons (Fsp3) is 0.485. The Kier molecular flexibility index (Phi) is 7.79. The lowest BCUT2D eigenvalue weighted by Gasteiger charge is -2.38. The maximum atomic E-state index is 13.2. The monoisotopic (exact) mass is 574 g/mol. The Morgan fingerprint density at radius 2 is 1.63 bits per heavy atom. The highest BCUT2D eigenvalue weighted by Gasteiger charge is 2.40. The number of fused-ring (bicyclic) bond motifs is 1. The van der Waals surface area contributed by atoms with Crippen molar-refractivity contribution in [1.82, 2.24) is 20.0 Å². The second kappa shape index (κ2) is 11.3. The Hall–Kier alpha value is -3.00. The van der Waals surface area contributed by atoms with Crippen molar-refractivity contribution < 1.29 is 14.4 Å². The van der Waals surface area contributed by atoms with E-state index in [0.29, 0.717) is 23.9 Å². The van der Waals surface area contributed by atoms with Crippen LogP contribution >= 0.6 is 11.6 Å². The number of piperidine rings is 1. The molecule has 2 aromatic carbocycles. The van der Waals surface area contributed by atoms with E-state index in [1.807, 2.05) is 24.3 Å². The van der Waals surface area contributed by atoms with Crippen molar-refractivity contribution in [1.29, 1.82) is 0 Å². The molecule has 4 aliphatic rings. The van der Waals surface area contributed by atoms with Crippen LogP contribution in [-0.2, 0) is 22.7 Å². The summed E-state index contributed by atoms with van der Waals surface area (Å²) in [5.74, 6) is -0.738. The Morgan fingerprint density at radius 3 is 2.34 bits per heavy atom. The first-order valence-electron chi connectivity index (χ1n) is 14.8. The van der Waals surface area contributed by atoms with E-state index < -0.39 is 6.04 Å². The lowest BCUT2D eigenvalue weighted by Crippen LogP contribution is -2.52. The molecule has 3 aliphatic heterocycles. The largest absolute Gasteiger partial charge is 0.322 e. The molecule has 0 bridgehead atoms. The van der Waals surface area contributed by atoms with Gasteiger partial charge in [0.25, 0.3) is 5.91 Å². The average molecular weight is 575 g/mol. The van der Waals surface area contributed by atoms with Crippen molar-refractivity contribution >= 4 is 34.9 Å². The molecule has 1 unspecified atom stereocenters. The van der Waals surface area contributed by atoms with E-state index in [2.05, 4.69) is 47.2 Å². The van der Waals surface area contributed by atoms with Gasteiger partial charge < -0.3 is 4.90 Å². The summed E-state index contributed by atoms with van der Waals surface area (Å²) in [6, 6.07) is 13.7. The lowest BCUT2D eigenvalue weighted by atomic mass is 9.72. The zero-order valence-corrected chi connectivity index (χ0v) is 24.8. The van der Waals surface area contributed by atoms with Crippen LogP contribution in [0.15, 0.2) is 48.0 Å². The number of hydrogen-bond donors (Lipinski definition) is 1. The van der Waals surface area contributed by atoms with Gasteiger partial charge in [-0.15, -0.1) is 0 Å². The molecule has 0 spiro atoms. The number of imide groups is 1. The predicted octanol–water partition coefficient (Wildman–Crippen LogP) is 4.88. The first kappa shape index (κ1) is 28.1. The third kappa shape index (κ3) is 5.99. The number of allylic oxidation sites excluding steroid dienone is 1. The molecule has 3 amide bonds. The molecule has 216 valence electrons. The Bertz CT molecular complexity index is 1390. The Morgan fingerprint density at radius 1 is 0.927 bits per heavy atom.